The van der Waals surface area contributed by atoms with Gasteiger partial charge >= 0.3 is 12.1 Å². The van der Waals surface area contributed by atoms with Gasteiger partial charge in [-0.1, -0.05) is 30.3 Å². The van der Waals surface area contributed by atoms with E-state index in [2.05, 4.69) is 10.1 Å². The topological polar surface area (TPSA) is 38.3 Å². The molecule has 0 amide bonds. The van der Waals surface area contributed by atoms with Crippen LogP contribution in [0.25, 0.3) is 0 Å². The highest BCUT2D eigenvalue weighted by Gasteiger charge is 2.47. The molecule has 0 saturated heterocycles. The number of carbonyl (C=O) groups is 1. The first-order valence-electron chi connectivity index (χ1n) is 6.01. The predicted octanol–water partition coefficient (Wildman–Crippen LogP) is 2.88. The van der Waals surface area contributed by atoms with Crippen LogP contribution in [0.15, 0.2) is 30.3 Å². The van der Waals surface area contributed by atoms with Crippen molar-refractivity contribution in [3.63, 3.8) is 0 Å². The van der Waals surface area contributed by atoms with Gasteiger partial charge in [-0.25, -0.2) is 0 Å². The molecule has 0 fully saturated rings. The molecule has 7 heteroatoms. The molecule has 3 nitrogen and oxygen atoms in total. The largest absolute Gasteiger partial charge is 0.465 e. The smallest absolute Gasteiger partial charge is 0.405 e. The predicted molar refractivity (Wildman–Crippen MR) is 69.4 cm³/mol. The molecular formula is C13H15ClF3NO2. The van der Waals surface area contributed by atoms with Crippen LogP contribution in [0.4, 0.5) is 13.2 Å². The minimum Gasteiger partial charge on any atom is -0.465 e. The Labute approximate surface area is 120 Å². The first-order chi connectivity index (χ1) is 9.36. The Balaban J connectivity index is 2.73. The lowest BCUT2D eigenvalue weighted by molar-refractivity contribution is -0.168. The van der Waals surface area contributed by atoms with E-state index in [0.717, 1.165) is 0 Å². The molecule has 2 atom stereocenters. The summed E-state index contributed by atoms with van der Waals surface area (Å²) in [5, 5.41) is 0.437. The lowest BCUT2D eigenvalue weighted by Crippen LogP contribution is -2.51. The zero-order valence-electron chi connectivity index (χ0n) is 10.8. The summed E-state index contributed by atoms with van der Waals surface area (Å²) in [6.45, 7) is 1.43. The quantitative estimate of drug-likeness (QED) is 0.648. The third kappa shape index (κ3) is 5.02. The molecule has 0 aliphatic rings. The van der Waals surface area contributed by atoms with Crippen LogP contribution in [0.2, 0.25) is 0 Å². The first kappa shape index (κ1) is 16.8. The van der Waals surface area contributed by atoms with Crippen LogP contribution in [0.3, 0.4) is 0 Å². The highest BCUT2D eigenvalue weighted by atomic mass is 35.5. The van der Waals surface area contributed by atoms with Gasteiger partial charge in [-0.05, 0) is 12.5 Å². The van der Waals surface area contributed by atoms with Crippen molar-refractivity contribution in [2.75, 3.05) is 6.61 Å². The SMILES string of the molecule is CCOC(=O)[C@@H](Cl)[C@H](NCc1ccccc1)C(F)(F)F. The molecule has 0 radical (unpaired) electrons. The number of hydrogen-bond acceptors (Lipinski definition) is 3. The highest BCUT2D eigenvalue weighted by Crippen LogP contribution is 2.26. The maximum atomic E-state index is 12.9. The van der Waals surface area contributed by atoms with Crippen molar-refractivity contribution in [2.45, 2.75) is 31.1 Å². The van der Waals surface area contributed by atoms with E-state index in [-0.39, 0.29) is 13.2 Å². The number of rotatable bonds is 6. The van der Waals surface area contributed by atoms with Crippen LogP contribution in [0, 0.1) is 0 Å². The van der Waals surface area contributed by atoms with E-state index in [0.29, 0.717) is 5.56 Å². The van der Waals surface area contributed by atoms with Gasteiger partial charge in [-0.15, -0.1) is 11.6 Å². The van der Waals surface area contributed by atoms with Crippen LogP contribution in [0.5, 0.6) is 0 Å². The van der Waals surface area contributed by atoms with Crippen molar-refractivity contribution < 1.29 is 22.7 Å². The zero-order valence-corrected chi connectivity index (χ0v) is 11.5. The summed E-state index contributed by atoms with van der Waals surface area (Å²) in [6, 6.07) is 6.37. The molecule has 0 heterocycles. The van der Waals surface area contributed by atoms with Crippen molar-refractivity contribution in [3.05, 3.63) is 35.9 Å². The molecular weight excluding hydrogens is 295 g/mol. The van der Waals surface area contributed by atoms with Gasteiger partial charge in [0.05, 0.1) is 6.61 Å². The fourth-order valence-electron chi connectivity index (χ4n) is 1.57. The number of ether oxygens (including phenoxy) is 1. The van der Waals surface area contributed by atoms with Gasteiger partial charge in [-0.3, -0.25) is 4.79 Å². The van der Waals surface area contributed by atoms with Crippen LogP contribution in [-0.4, -0.2) is 30.2 Å². The minimum atomic E-state index is -4.64. The minimum absolute atomic E-state index is 0.0225. The molecule has 0 aromatic heterocycles. The standard InChI is InChI=1S/C13H15ClF3NO2/c1-2-20-12(19)10(14)11(13(15,16)17)18-8-9-6-4-3-5-7-9/h3-7,10-11,18H,2,8H2,1H3/t10-,11-/m0/s1. The van der Waals surface area contributed by atoms with Gasteiger partial charge in [-0.2, -0.15) is 13.2 Å². The Morgan fingerprint density at radius 2 is 1.95 bits per heavy atom. The first-order valence-corrected chi connectivity index (χ1v) is 6.44. The second-order valence-corrected chi connectivity index (χ2v) is 4.51. The van der Waals surface area contributed by atoms with Crippen LogP contribution < -0.4 is 5.32 Å². The lowest BCUT2D eigenvalue weighted by atomic mass is 10.1. The van der Waals surface area contributed by atoms with Crippen molar-refractivity contribution in [1.82, 2.24) is 5.32 Å². The fourth-order valence-corrected chi connectivity index (χ4v) is 1.86. The van der Waals surface area contributed by atoms with Gasteiger partial charge in [0.1, 0.15) is 6.04 Å². The Morgan fingerprint density at radius 3 is 2.45 bits per heavy atom. The molecule has 20 heavy (non-hydrogen) atoms. The van der Waals surface area contributed by atoms with E-state index in [9.17, 15) is 18.0 Å². The third-order valence-corrected chi connectivity index (χ3v) is 2.96. The molecule has 0 unspecified atom stereocenters. The Morgan fingerprint density at radius 1 is 1.35 bits per heavy atom. The fraction of sp³-hybridized carbons (Fsp3) is 0.462. The molecule has 0 bridgehead atoms. The molecule has 112 valence electrons. The average Bonchev–Trinajstić information content (AvgIpc) is 2.38. The van der Waals surface area contributed by atoms with E-state index in [4.69, 9.17) is 11.6 Å². The van der Waals surface area contributed by atoms with Gasteiger partial charge in [0, 0.05) is 6.54 Å². The summed E-state index contributed by atoms with van der Waals surface area (Å²) in [5.41, 5.74) is 0.662. The van der Waals surface area contributed by atoms with Crippen molar-refractivity contribution in [2.24, 2.45) is 0 Å². The highest BCUT2D eigenvalue weighted by molar-refractivity contribution is 6.30. The molecule has 1 aromatic rings. The summed E-state index contributed by atoms with van der Waals surface area (Å²) in [7, 11) is 0. The van der Waals surface area contributed by atoms with E-state index in [1.807, 2.05) is 0 Å². The summed E-state index contributed by atoms with van der Waals surface area (Å²) in [4.78, 5) is 11.3. The van der Waals surface area contributed by atoms with E-state index in [1.54, 1.807) is 30.3 Å². The van der Waals surface area contributed by atoms with E-state index >= 15 is 0 Å². The van der Waals surface area contributed by atoms with Crippen LogP contribution in [-0.2, 0) is 16.1 Å². The Hall–Kier alpha value is -1.27. The second kappa shape index (κ2) is 7.50. The second-order valence-electron chi connectivity index (χ2n) is 4.04. The van der Waals surface area contributed by atoms with E-state index < -0.39 is 23.6 Å². The van der Waals surface area contributed by atoms with Gasteiger partial charge in [0.15, 0.2) is 5.38 Å². The third-order valence-electron chi connectivity index (χ3n) is 2.53. The zero-order chi connectivity index (χ0) is 15.2. The van der Waals surface area contributed by atoms with Gasteiger partial charge < -0.3 is 10.1 Å². The molecule has 1 N–H and O–H groups in total. The lowest BCUT2D eigenvalue weighted by Gasteiger charge is -2.24. The molecule has 0 aliphatic heterocycles. The number of nitrogens with one attached hydrogen (secondary N) is 1. The summed E-state index contributed by atoms with van der Waals surface area (Å²) in [6.07, 6.45) is -4.64. The van der Waals surface area contributed by atoms with Gasteiger partial charge in [0.2, 0.25) is 0 Å². The summed E-state index contributed by atoms with van der Waals surface area (Å²) in [5.74, 6) is -1.09. The van der Waals surface area contributed by atoms with Crippen molar-refractivity contribution in [1.29, 1.82) is 0 Å². The summed E-state index contributed by atoms with van der Waals surface area (Å²) < 4.78 is 43.3. The van der Waals surface area contributed by atoms with Gasteiger partial charge in [0.25, 0.3) is 0 Å². The molecule has 1 aromatic carbocycles. The number of esters is 1. The number of halogens is 4. The number of benzene rings is 1. The molecule has 0 spiro atoms. The van der Waals surface area contributed by atoms with Crippen molar-refractivity contribution >= 4 is 17.6 Å². The maximum Gasteiger partial charge on any atom is 0.405 e. The normalized spacial score (nSPS) is 14.7. The average molecular weight is 310 g/mol. The van der Waals surface area contributed by atoms with E-state index in [1.165, 1.54) is 6.92 Å². The van der Waals surface area contributed by atoms with Crippen LogP contribution >= 0.6 is 11.6 Å². The number of alkyl halides is 4. The molecule has 1 rings (SSSR count). The monoisotopic (exact) mass is 309 g/mol. The Kier molecular flexibility index (Phi) is 6.29. The molecule has 0 saturated carbocycles. The number of carbonyl (C=O) groups excluding carboxylic acids is 1. The van der Waals surface area contributed by atoms with Crippen molar-refractivity contribution in [3.8, 4) is 0 Å². The maximum absolute atomic E-state index is 12.9. The van der Waals surface area contributed by atoms with Crippen LogP contribution in [0.1, 0.15) is 12.5 Å². The Bertz CT molecular complexity index is 425. The number of hydrogen-bond donors (Lipinski definition) is 1. The molecule has 0 aliphatic carbocycles. The summed E-state index contributed by atoms with van der Waals surface area (Å²) >= 11 is 5.57.